The van der Waals surface area contributed by atoms with Crippen LogP contribution in [0.4, 0.5) is 0 Å². The van der Waals surface area contributed by atoms with Crippen molar-refractivity contribution < 1.29 is 80.2 Å². The summed E-state index contributed by atoms with van der Waals surface area (Å²) in [4.78, 5) is 73.1. The first-order chi connectivity index (χ1) is 51.7. The van der Waals surface area contributed by atoms with Crippen LogP contribution in [0, 0.1) is 17.8 Å². The number of phosphoric acid groups is 2. The summed E-state index contributed by atoms with van der Waals surface area (Å²) < 4.78 is 68.8. The highest BCUT2D eigenvalue weighted by Gasteiger charge is 2.31. The largest absolute Gasteiger partial charge is 0.472 e. The van der Waals surface area contributed by atoms with Crippen LogP contribution in [0.5, 0.6) is 0 Å². The van der Waals surface area contributed by atoms with E-state index >= 15 is 0 Å². The van der Waals surface area contributed by atoms with E-state index in [4.69, 9.17) is 37.0 Å². The predicted octanol–water partition coefficient (Wildman–Crippen LogP) is 26.9. The van der Waals surface area contributed by atoms with Crippen molar-refractivity contribution in [1.29, 1.82) is 0 Å². The maximum absolute atomic E-state index is 13.1. The number of carbonyl (C=O) groups excluding carboxylic acids is 4. The van der Waals surface area contributed by atoms with Crippen LogP contribution in [0.3, 0.4) is 0 Å². The molecule has 0 aromatic rings. The lowest BCUT2D eigenvalue weighted by Gasteiger charge is -2.21. The van der Waals surface area contributed by atoms with E-state index in [0.29, 0.717) is 25.7 Å². The van der Waals surface area contributed by atoms with E-state index in [-0.39, 0.29) is 25.7 Å². The molecule has 0 aliphatic rings. The van der Waals surface area contributed by atoms with Gasteiger partial charge >= 0.3 is 39.5 Å². The minimum atomic E-state index is -4.97. The van der Waals surface area contributed by atoms with Crippen molar-refractivity contribution in [1.82, 2.24) is 0 Å². The maximum Gasteiger partial charge on any atom is 0.472 e. The van der Waals surface area contributed by atoms with E-state index in [0.717, 1.165) is 120 Å². The Kier molecular flexibility index (Phi) is 76.6. The second-order valence-corrected chi connectivity index (χ2v) is 36.0. The first kappa shape index (κ1) is 105. The molecule has 0 aliphatic heterocycles. The molecule has 0 rings (SSSR count). The Morgan fingerprint density at radius 1 is 0.252 bits per heavy atom. The van der Waals surface area contributed by atoms with E-state index in [9.17, 15) is 43.2 Å². The van der Waals surface area contributed by atoms with Gasteiger partial charge in [0.05, 0.1) is 26.4 Å². The summed E-state index contributed by atoms with van der Waals surface area (Å²) in [7, 11) is -9.92. The molecule has 0 aromatic carbocycles. The summed E-state index contributed by atoms with van der Waals surface area (Å²) in [6.07, 6.45) is 69.7. The molecule has 17 nitrogen and oxygen atoms in total. The van der Waals surface area contributed by atoms with Crippen LogP contribution in [-0.4, -0.2) is 96.7 Å². The monoisotopic (exact) mass is 1560 g/mol. The van der Waals surface area contributed by atoms with Gasteiger partial charge in [-0.15, -0.1) is 0 Å². The first-order valence-electron chi connectivity index (χ1n) is 45.3. The summed E-state index contributed by atoms with van der Waals surface area (Å²) in [5.41, 5.74) is 0. The second-order valence-electron chi connectivity index (χ2n) is 33.1. The van der Waals surface area contributed by atoms with Crippen LogP contribution in [0.2, 0.25) is 0 Å². The number of esters is 4. The van der Waals surface area contributed by atoms with Crippen LogP contribution in [0.25, 0.3) is 0 Å². The average molecular weight is 1560 g/mol. The maximum atomic E-state index is 13.1. The molecule has 0 saturated heterocycles. The molecule has 0 saturated carbocycles. The van der Waals surface area contributed by atoms with E-state index in [1.54, 1.807) is 0 Å². The SMILES string of the molecule is CCCCCCCCCC(=O)OC[C@H](COP(=O)(O)OC[C@H](O)COP(=O)(O)OC[C@@H](COC(=O)CCCCCCCCCCCCCCCCCCCCC(C)C)OC(=O)CCCCCCCCCCCCCCCCCCCCC(C)C)OC(=O)CCCCCCCCCCCCCCCCCC(C)C. The fraction of sp³-hybridized carbons (Fsp3) is 0.955. The lowest BCUT2D eigenvalue weighted by atomic mass is 10.0. The predicted molar refractivity (Wildman–Crippen MR) is 441 cm³/mol. The third-order valence-corrected chi connectivity index (χ3v) is 22.5. The summed E-state index contributed by atoms with van der Waals surface area (Å²) in [5.74, 6) is 0.339. The minimum Gasteiger partial charge on any atom is -0.462 e. The summed E-state index contributed by atoms with van der Waals surface area (Å²) >= 11 is 0. The Labute approximate surface area is 658 Å². The molecule has 0 amide bonds. The van der Waals surface area contributed by atoms with Crippen molar-refractivity contribution in [2.45, 2.75) is 484 Å². The van der Waals surface area contributed by atoms with Crippen LogP contribution in [0.1, 0.15) is 466 Å². The van der Waals surface area contributed by atoms with Crippen LogP contribution in [0.15, 0.2) is 0 Å². The molecule has 636 valence electrons. The molecular weight excluding hydrogens is 1390 g/mol. The number of phosphoric ester groups is 2. The molecule has 0 radical (unpaired) electrons. The Hall–Kier alpha value is -1.94. The normalized spacial score (nSPS) is 13.8. The van der Waals surface area contributed by atoms with Gasteiger partial charge in [-0.05, 0) is 43.4 Å². The molecule has 0 aliphatic carbocycles. The molecule has 0 heterocycles. The Bertz CT molecular complexity index is 2060. The highest BCUT2D eigenvalue weighted by molar-refractivity contribution is 7.47. The molecule has 107 heavy (non-hydrogen) atoms. The molecule has 5 atom stereocenters. The number of ether oxygens (including phenoxy) is 4. The number of aliphatic hydroxyl groups is 1. The summed E-state index contributed by atoms with van der Waals surface area (Å²) in [5, 5.41) is 10.7. The average Bonchev–Trinajstić information content (AvgIpc) is 0.900. The number of unbranched alkanes of at least 4 members (excludes halogenated alkanes) is 54. The van der Waals surface area contributed by atoms with Crippen LogP contribution >= 0.6 is 15.6 Å². The van der Waals surface area contributed by atoms with Gasteiger partial charge in [-0.1, -0.05) is 414 Å². The quantitative estimate of drug-likeness (QED) is 0.0222. The van der Waals surface area contributed by atoms with E-state index in [1.165, 1.54) is 263 Å². The topological polar surface area (TPSA) is 237 Å². The van der Waals surface area contributed by atoms with E-state index in [1.807, 2.05) is 0 Å². The van der Waals surface area contributed by atoms with Crippen molar-refractivity contribution in [2.75, 3.05) is 39.6 Å². The molecule has 0 aromatic heterocycles. The van der Waals surface area contributed by atoms with Gasteiger partial charge < -0.3 is 33.8 Å². The third-order valence-electron chi connectivity index (χ3n) is 20.6. The van der Waals surface area contributed by atoms with Crippen LogP contribution in [-0.2, 0) is 65.4 Å². The van der Waals surface area contributed by atoms with Crippen molar-refractivity contribution in [3.8, 4) is 0 Å². The van der Waals surface area contributed by atoms with Crippen LogP contribution < -0.4 is 0 Å². The highest BCUT2D eigenvalue weighted by Crippen LogP contribution is 2.45. The van der Waals surface area contributed by atoms with E-state index in [2.05, 4.69) is 48.5 Å². The lowest BCUT2D eigenvalue weighted by molar-refractivity contribution is -0.161. The van der Waals surface area contributed by atoms with Crippen molar-refractivity contribution in [3.05, 3.63) is 0 Å². The zero-order valence-corrected chi connectivity index (χ0v) is 72.4. The Morgan fingerprint density at radius 2 is 0.430 bits per heavy atom. The smallest absolute Gasteiger partial charge is 0.462 e. The van der Waals surface area contributed by atoms with Crippen molar-refractivity contribution in [3.63, 3.8) is 0 Å². The fourth-order valence-corrected chi connectivity index (χ4v) is 15.3. The lowest BCUT2D eigenvalue weighted by Crippen LogP contribution is -2.30. The van der Waals surface area contributed by atoms with Gasteiger partial charge in [0.2, 0.25) is 0 Å². The summed E-state index contributed by atoms with van der Waals surface area (Å²) in [6, 6.07) is 0. The molecule has 19 heteroatoms. The number of aliphatic hydroxyl groups excluding tert-OH is 1. The highest BCUT2D eigenvalue weighted by atomic mass is 31.2. The van der Waals surface area contributed by atoms with Gasteiger partial charge in [-0.3, -0.25) is 37.3 Å². The molecule has 0 bridgehead atoms. The molecular formula is C88H172O17P2. The van der Waals surface area contributed by atoms with Crippen molar-refractivity contribution in [2.24, 2.45) is 17.8 Å². The first-order valence-corrected chi connectivity index (χ1v) is 48.3. The Morgan fingerprint density at radius 3 is 0.636 bits per heavy atom. The zero-order chi connectivity index (χ0) is 78.6. The van der Waals surface area contributed by atoms with E-state index < -0.39 is 97.5 Å². The Balaban J connectivity index is 5.15. The number of hydrogen-bond acceptors (Lipinski definition) is 15. The van der Waals surface area contributed by atoms with Gasteiger partial charge in [-0.2, -0.15) is 0 Å². The number of rotatable bonds is 86. The number of hydrogen-bond donors (Lipinski definition) is 3. The molecule has 3 N–H and O–H groups in total. The second kappa shape index (κ2) is 78.0. The van der Waals surface area contributed by atoms with Gasteiger partial charge in [0.15, 0.2) is 12.2 Å². The number of carbonyl (C=O) groups is 4. The molecule has 2 unspecified atom stereocenters. The standard InChI is InChI=1S/C88H172O17P2/c1-8-9-10-11-45-55-62-69-85(90)98-75-83(104-87(92)71-65-58-51-44-38-32-26-20-23-29-35-41-48-54-61-68-81(6)7)77-102-106(94,95)100-73-82(89)74-101-107(96,97)103-78-84(105-88(93)72-64-57-50-43-37-31-25-19-15-13-17-22-28-34-40-47-53-60-67-80(4)5)76-99-86(91)70-63-56-49-42-36-30-24-18-14-12-16-21-27-33-39-46-52-59-66-79(2)3/h79-84,89H,8-78H2,1-7H3,(H,94,95)(H,96,97)/t82-,83+,84+/m0/s1. The summed E-state index contributed by atoms with van der Waals surface area (Å²) in [6.45, 7) is 12.0. The molecule has 0 spiro atoms. The van der Waals surface area contributed by atoms with Gasteiger partial charge in [0.25, 0.3) is 0 Å². The van der Waals surface area contributed by atoms with Crippen molar-refractivity contribution >= 4 is 39.5 Å². The van der Waals surface area contributed by atoms with Gasteiger partial charge in [-0.25, -0.2) is 9.13 Å². The zero-order valence-electron chi connectivity index (χ0n) is 70.6. The third kappa shape index (κ3) is 81.9. The minimum absolute atomic E-state index is 0.107. The molecule has 0 fully saturated rings. The van der Waals surface area contributed by atoms with Gasteiger partial charge in [0.1, 0.15) is 19.3 Å². The fourth-order valence-electron chi connectivity index (χ4n) is 13.7. The van der Waals surface area contributed by atoms with Gasteiger partial charge in [0, 0.05) is 25.7 Å².